The van der Waals surface area contributed by atoms with Gasteiger partial charge in [0.1, 0.15) is 0 Å². The van der Waals surface area contributed by atoms with Crippen molar-refractivity contribution in [1.29, 1.82) is 0 Å². The highest BCUT2D eigenvalue weighted by Gasteiger charge is 1.99. The molecule has 0 aliphatic carbocycles. The van der Waals surface area contributed by atoms with Crippen LogP contribution in [-0.4, -0.2) is 0 Å². The highest BCUT2D eigenvalue weighted by Crippen LogP contribution is 2.24. The molecule has 0 saturated carbocycles. The summed E-state index contributed by atoms with van der Waals surface area (Å²) in [7, 11) is 0. The van der Waals surface area contributed by atoms with Crippen molar-refractivity contribution in [2.24, 2.45) is 0 Å². The zero-order chi connectivity index (χ0) is 10.7. The molecule has 2 aromatic carbocycles. The van der Waals surface area contributed by atoms with Gasteiger partial charge in [-0.05, 0) is 36.8 Å². The Kier molecular flexibility index (Phi) is 2.59. The van der Waals surface area contributed by atoms with Gasteiger partial charge in [0.2, 0.25) is 0 Å². The Labute approximate surface area is 89.7 Å². The highest BCUT2D eigenvalue weighted by atomic mass is 14.9. The standard InChI is InChI=1S/C13H13N2/c1-10-7-8-13(12(14)9-10)15-11-5-3-2-4-6-11/h2-9,14-15H,1H3. The van der Waals surface area contributed by atoms with Crippen LogP contribution >= 0.6 is 0 Å². The summed E-state index contributed by atoms with van der Waals surface area (Å²) in [5.74, 6) is 0. The van der Waals surface area contributed by atoms with Gasteiger partial charge in [-0.2, -0.15) is 0 Å². The third-order valence-electron chi connectivity index (χ3n) is 2.23. The molecule has 2 rings (SSSR count). The number of hydrogen-bond acceptors (Lipinski definition) is 1. The van der Waals surface area contributed by atoms with Gasteiger partial charge >= 0.3 is 0 Å². The van der Waals surface area contributed by atoms with E-state index >= 15 is 0 Å². The molecule has 2 heteroatoms. The van der Waals surface area contributed by atoms with Crippen LogP contribution in [0.2, 0.25) is 0 Å². The molecule has 2 aromatic rings. The van der Waals surface area contributed by atoms with E-state index in [0.717, 1.165) is 16.9 Å². The van der Waals surface area contributed by atoms with E-state index in [1.807, 2.05) is 55.5 Å². The molecule has 0 aliphatic heterocycles. The van der Waals surface area contributed by atoms with Crippen LogP contribution in [0.3, 0.4) is 0 Å². The van der Waals surface area contributed by atoms with Crippen molar-refractivity contribution in [3.8, 4) is 0 Å². The van der Waals surface area contributed by atoms with E-state index in [1.54, 1.807) is 0 Å². The summed E-state index contributed by atoms with van der Waals surface area (Å²) < 4.78 is 0. The number of aryl methyl sites for hydroxylation is 1. The van der Waals surface area contributed by atoms with Gasteiger partial charge in [-0.1, -0.05) is 24.3 Å². The topological polar surface area (TPSA) is 35.8 Å². The van der Waals surface area contributed by atoms with Crippen molar-refractivity contribution in [3.63, 3.8) is 0 Å². The van der Waals surface area contributed by atoms with Gasteiger partial charge in [-0.25, -0.2) is 0 Å². The smallest absolute Gasteiger partial charge is 0.0777 e. The maximum absolute atomic E-state index is 7.80. The SMILES string of the molecule is Cc1ccc(Nc2ccccc2)c([NH])c1. The van der Waals surface area contributed by atoms with E-state index in [4.69, 9.17) is 5.73 Å². The normalized spacial score (nSPS) is 9.93. The highest BCUT2D eigenvalue weighted by molar-refractivity contribution is 5.71. The molecule has 1 radical (unpaired) electrons. The maximum atomic E-state index is 7.80. The summed E-state index contributed by atoms with van der Waals surface area (Å²) in [5.41, 5.74) is 11.3. The average Bonchev–Trinajstić information content (AvgIpc) is 2.24. The number of anilines is 2. The Bertz CT molecular complexity index is 449. The minimum Gasteiger partial charge on any atom is -0.354 e. The van der Waals surface area contributed by atoms with Gasteiger partial charge in [0.25, 0.3) is 0 Å². The fourth-order valence-corrected chi connectivity index (χ4v) is 1.44. The molecule has 0 heterocycles. The molecule has 2 N–H and O–H groups in total. The third kappa shape index (κ3) is 2.29. The number of hydrogen-bond donors (Lipinski definition) is 1. The van der Waals surface area contributed by atoms with Crippen LogP contribution in [0.25, 0.3) is 0 Å². The van der Waals surface area contributed by atoms with Gasteiger partial charge in [-0.15, -0.1) is 0 Å². The second kappa shape index (κ2) is 4.05. The first-order valence-corrected chi connectivity index (χ1v) is 4.90. The molecule has 0 aromatic heterocycles. The van der Waals surface area contributed by atoms with E-state index in [-0.39, 0.29) is 0 Å². The predicted octanol–water partition coefficient (Wildman–Crippen LogP) is 3.65. The van der Waals surface area contributed by atoms with E-state index in [1.165, 1.54) is 0 Å². The zero-order valence-electron chi connectivity index (χ0n) is 8.62. The molecule has 0 saturated heterocycles. The molecular weight excluding hydrogens is 184 g/mol. The first kappa shape index (κ1) is 9.59. The largest absolute Gasteiger partial charge is 0.354 e. The minimum absolute atomic E-state index is 0.527. The lowest BCUT2D eigenvalue weighted by Crippen LogP contribution is -1.91. The molecule has 0 unspecified atom stereocenters. The Balaban J connectivity index is 2.25. The lowest BCUT2D eigenvalue weighted by atomic mass is 10.2. The van der Waals surface area contributed by atoms with Gasteiger partial charge in [0, 0.05) is 5.69 Å². The fourth-order valence-electron chi connectivity index (χ4n) is 1.44. The summed E-state index contributed by atoms with van der Waals surface area (Å²) in [4.78, 5) is 0. The van der Waals surface area contributed by atoms with Crippen LogP contribution in [0.4, 0.5) is 17.1 Å². The van der Waals surface area contributed by atoms with Crippen LogP contribution in [-0.2, 0) is 0 Å². The van der Waals surface area contributed by atoms with Crippen LogP contribution < -0.4 is 11.1 Å². The number of nitrogens with one attached hydrogen (secondary N) is 2. The summed E-state index contributed by atoms with van der Waals surface area (Å²) in [5, 5.41) is 3.21. The monoisotopic (exact) mass is 197 g/mol. The summed E-state index contributed by atoms with van der Waals surface area (Å²) in [6, 6.07) is 15.7. The molecule has 2 nitrogen and oxygen atoms in total. The quantitative estimate of drug-likeness (QED) is 0.783. The zero-order valence-corrected chi connectivity index (χ0v) is 8.62. The molecule has 15 heavy (non-hydrogen) atoms. The molecule has 0 aliphatic rings. The second-order valence-corrected chi connectivity index (χ2v) is 3.54. The molecule has 0 spiro atoms. The van der Waals surface area contributed by atoms with Gasteiger partial charge in [-0.3, -0.25) is 5.73 Å². The first-order valence-electron chi connectivity index (χ1n) is 4.90. The molecular formula is C13H13N2. The minimum atomic E-state index is 0.527. The van der Waals surface area contributed by atoms with Gasteiger partial charge < -0.3 is 5.32 Å². The Hall–Kier alpha value is -1.96. The van der Waals surface area contributed by atoms with Gasteiger partial charge in [0.15, 0.2) is 0 Å². The Morgan fingerprint density at radius 3 is 2.40 bits per heavy atom. The van der Waals surface area contributed by atoms with E-state index in [9.17, 15) is 0 Å². The summed E-state index contributed by atoms with van der Waals surface area (Å²) in [6.07, 6.45) is 0. The average molecular weight is 197 g/mol. The van der Waals surface area contributed by atoms with Crippen LogP contribution in [0.15, 0.2) is 48.5 Å². The third-order valence-corrected chi connectivity index (χ3v) is 2.23. The molecule has 0 atom stereocenters. The number of para-hydroxylation sites is 1. The van der Waals surface area contributed by atoms with E-state index in [0.29, 0.717) is 5.69 Å². The molecule has 0 fully saturated rings. The number of rotatable bonds is 2. The number of benzene rings is 2. The van der Waals surface area contributed by atoms with Crippen LogP contribution in [0, 0.1) is 6.92 Å². The fraction of sp³-hybridized carbons (Fsp3) is 0.0769. The Morgan fingerprint density at radius 1 is 1.00 bits per heavy atom. The van der Waals surface area contributed by atoms with Crippen molar-refractivity contribution < 1.29 is 0 Å². The molecule has 0 amide bonds. The Morgan fingerprint density at radius 2 is 1.73 bits per heavy atom. The van der Waals surface area contributed by atoms with Crippen molar-refractivity contribution in [3.05, 3.63) is 54.1 Å². The lowest BCUT2D eigenvalue weighted by molar-refractivity contribution is 1.39. The molecule has 0 bridgehead atoms. The van der Waals surface area contributed by atoms with Crippen molar-refractivity contribution in [2.45, 2.75) is 6.92 Å². The maximum Gasteiger partial charge on any atom is 0.0777 e. The van der Waals surface area contributed by atoms with Crippen molar-refractivity contribution >= 4 is 17.1 Å². The van der Waals surface area contributed by atoms with Gasteiger partial charge in [0.05, 0.1) is 11.4 Å². The van der Waals surface area contributed by atoms with Crippen molar-refractivity contribution in [2.75, 3.05) is 5.32 Å². The summed E-state index contributed by atoms with van der Waals surface area (Å²) in [6.45, 7) is 1.99. The predicted molar refractivity (Wildman–Crippen MR) is 63.7 cm³/mol. The molecule has 75 valence electrons. The summed E-state index contributed by atoms with van der Waals surface area (Å²) >= 11 is 0. The van der Waals surface area contributed by atoms with E-state index in [2.05, 4.69) is 5.32 Å². The lowest BCUT2D eigenvalue weighted by Gasteiger charge is -2.08. The van der Waals surface area contributed by atoms with E-state index < -0.39 is 0 Å². The van der Waals surface area contributed by atoms with Crippen molar-refractivity contribution in [1.82, 2.24) is 5.73 Å². The van der Waals surface area contributed by atoms with Crippen LogP contribution in [0.5, 0.6) is 0 Å². The van der Waals surface area contributed by atoms with Crippen LogP contribution in [0.1, 0.15) is 5.56 Å². The second-order valence-electron chi connectivity index (χ2n) is 3.54. The first-order chi connectivity index (χ1) is 7.25.